The van der Waals surface area contributed by atoms with Crippen molar-refractivity contribution in [1.82, 2.24) is 5.32 Å². The highest BCUT2D eigenvalue weighted by Gasteiger charge is 2.26. The predicted octanol–water partition coefficient (Wildman–Crippen LogP) is 2.17. The Labute approximate surface area is 86.7 Å². The third kappa shape index (κ3) is 8.23. The van der Waals surface area contributed by atoms with Crippen molar-refractivity contribution in [3.05, 3.63) is 0 Å². The topological polar surface area (TPSA) is 49.3 Å². The van der Waals surface area contributed by atoms with Crippen LogP contribution in [0.15, 0.2) is 0 Å². The highest BCUT2D eigenvalue weighted by atomic mass is 19.4. The van der Waals surface area contributed by atoms with E-state index in [0.717, 1.165) is 0 Å². The lowest BCUT2D eigenvalue weighted by Crippen LogP contribution is -2.37. The first-order valence-electron chi connectivity index (χ1n) is 4.89. The van der Waals surface area contributed by atoms with E-state index in [4.69, 9.17) is 5.11 Å². The molecule has 0 aliphatic carbocycles. The number of carboxylic acids is 1. The first kappa shape index (κ1) is 14.2. The molecule has 1 atom stereocenters. The third-order valence-electron chi connectivity index (χ3n) is 1.90. The average molecular weight is 227 g/mol. The van der Waals surface area contributed by atoms with Crippen molar-refractivity contribution < 1.29 is 23.1 Å². The number of nitrogens with one attached hydrogen (secondary N) is 1. The SMILES string of the molecule is CCCC(NCCCC(F)(F)F)C(=O)O. The minimum atomic E-state index is -4.16. The van der Waals surface area contributed by atoms with Gasteiger partial charge in [-0.15, -0.1) is 0 Å². The molecular weight excluding hydrogens is 211 g/mol. The molecule has 90 valence electrons. The van der Waals surface area contributed by atoms with Crippen LogP contribution in [0.1, 0.15) is 32.6 Å². The van der Waals surface area contributed by atoms with Crippen LogP contribution in [0, 0.1) is 0 Å². The Morgan fingerprint density at radius 3 is 2.47 bits per heavy atom. The number of hydrogen-bond acceptors (Lipinski definition) is 2. The van der Waals surface area contributed by atoms with Crippen LogP contribution in [0.4, 0.5) is 13.2 Å². The molecule has 0 aromatic carbocycles. The van der Waals surface area contributed by atoms with Crippen LogP contribution in [0.2, 0.25) is 0 Å². The molecule has 2 N–H and O–H groups in total. The molecule has 15 heavy (non-hydrogen) atoms. The van der Waals surface area contributed by atoms with Gasteiger partial charge in [-0.3, -0.25) is 4.79 Å². The molecule has 3 nitrogen and oxygen atoms in total. The van der Waals surface area contributed by atoms with Crippen molar-refractivity contribution in [2.45, 2.75) is 44.8 Å². The zero-order chi connectivity index (χ0) is 11.9. The van der Waals surface area contributed by atoms with Crippen LogP contribution in [0.25, 0.3) is 0 Å². The molecule has 0 saturated carbocycles. The van der Waals surface area contributed by atoms with Crippen LogP contribution in [0.5, 0.6) is 0 Å². The standard InChI is InChI=1S/C9H16F3NO2/c1-2-4-7(8(14)15)13-6-3-5-9(10,11)12/h7,13H,2-6H2,1H3,(H,14,15). The maximum absolute atomic E-state index is 11.7. The monoisotopic (exact) mass is 227 g/mol. The van der Waals surface area contributed by atoms with E-state index in [0.29, 0.717) is 12.8 Å². The summed E-state index contributed by atoms with van der Waals surface area (Å²) in [5, 5.41) is 11.3. The maximum atomic E-state index is 11.7. The van der Waals surface area contributed by atoms with Gasteiger partial charge in [0.2, 0.25) is 0 Å². The van der Waals surface area contributed by atoms with Gasteiger partial charge in [0.15, 0.2) is 0 Å². The van der Waals surface area contributed by atoms with Crippen molar-refractivity contribution in [2.75, 3.05) is 6.54 Å². The van der Waals surface area contributed by atoms with E-state index in [9.17, 15) is 18.0 Å². The summed E-state index contributed by atoms with van der Waals surface area (Å²) < 4.78 is 35.2. The lowest BCUT2D eigenvalue weighted by molar-refractivity contribution is -0.139. The fraction of sp³-hybridized carbons (Fsp3) is 0.889. The Balaban J connectivity index is 3.67. The number of halogens is 3. The smallest absolute Gasteiger partial charge is 0.389 e. The fourth-order valence-electron chi connectivity index (χ4n) is 1.17. The van der Waals surface area contributed by atoms with E-state index in [2.05, 4.69) is 5.32 Å². The molecule has 0 amide bonds. The van der Waals surface area contributed by atoms with E-state index in [1.165, 1.54) is 0 Å². The van der Waals surface area contributed by atoms with Gasteiger partial charge in [-0.2, -0.15) is 13.2 Å². The van der Waals surface area contributed by atoms with Gasteiger partial charge in [0.1, 0.15) is 6.04 Å². The molecule has 1 unspecified atom stereocenters. The summed E-state index contributed by atoms with van der Waals surface area (Å²) in [6.45, 7) is 1.91. The van der Waals surface area contributed by atoms with Crippen LogP contribution < -0.4 is 5.32 Å². The molecule has 0 aliphatic heterocycles. The molecule has 6 heteroatoms. The summed E-state index contributed by atoms with van der Waals surface area (Å²) in [6.07, 6.45) is -4.01. The Morgan fingerprint density at radius 1 is 1.47 bits per heavy atom. The molecule has 0 aliphatic rings. The minimum absolute atomic E-state index is 0.0798. The lowest BCUT2D eigenvalue weighted by atomic mass is 10.1. The van der Waals surface area contributed by atoms with Crippen LogP contribution in [-0.4, -0.2) is 29.8 Å². The Hall–Kier alpha value is -0.780. The lowest BCUT2D eigenvalue weighted by Gasteiger charge is -2.13. The minimum Gasteiger partial charge on any atom is -0.480 e. The molecule has 0 aromatic rings. The maximum Gasteiger partial charge on any atom is 0.389 e. The summed E-state index contributed by atoms with van der Waals surface area (Å²) >= 11 is 0. The Bertz CT molecular complexity index is 194. The first-order chi connectivity index (χ1) is 6.87. The van der Waals surface area contributed by atoms with Gasteiger partial charge < -0.3 is 10.4 Å². The molecule has 0 aromatic heterocycles. The van der Waals surface area contributed by atoms with Gasteiger partial charge >= 0.3 is 12.1 Å². The summed E-state index contributed by atoms with van der Waals surface area (Å²) in [6, 6.07) is -0.733. The van der Waals surface area contributed by atoms with Crippen molar-refractivity contribution in [3.8, 4) is 0 Å². The molecular formula is C9H16F3NO2. The molecule has 0 bridgehead atoms. The number of carbonyl (C=O) groups is 1. The second-order valence-electron chi connectivity index (χ2n) is 3.35. The van der Waals surface area contributed by atoms with E-state index < -0.39 is 24.6 Å². The number of aliphatic carboxylic acids is 1. The van der Waals surface area contributed by atoms with E-state index in [-0.39, 0.29) is 13.0 Å². The largest absolute Gasteiger partial charge is 0.480 e. The first-order valence-corrected chi connectivity index (χ1v) is 4.89. The third-order valence-corrected chi connectivity index (χ3v) is 1.90. The average Bonchev–Trinajstić information content (AvgIpc) is 2.08. The molecule has 0 saturated heterocycles. The van der Waals surface area contributed by atoms with Crippen molar-refractivity contribution >= 4 is 5.97 Å². The predicted molar refractivity (Wildman–Crippen MR) is 49.6 cm³/mol. The molecule has 0 heterocycles. The zero-order valence-corrected chi connectivity index (χ0v) is 8.60. The number of rotatable bonds is 7. The second kappa shape index (κ2) is 6.66. The van der Waals surface area contributed by atoms with Gasteiger partial charge in [0.25, 0.3) is 0 Å². The van der Waals surface area contributed by atoms with Gasteiger partial charge in [-0.05, 0) is 19.4 Å². The molecule has 0 rings (SSSR count). The van der Waals surface area contributed by atoms with E-state index >= 15 is 0 Å². The molecule has 0 fully saturated rings. The van der Waals surface area contributed by atoms with Crippen LogP contribution in [-0.2, 0) is 4.79 Å². The Kier molecular flexibility index (Phi) is 6.31. The van der Waals surface area contributed by atoms with Crippen molar-refractivity contribution in [2.24, 2.45) is 0 Å². The second-order valence-corrected chi connectivity index (χ2v) is 3.35. The molecule has 0 spiro atoms. The van der Waals surface area contributed by atoms with Gasteiger partial charge in [-0.1, -0.05) is 13.3 Å². The summed E-state index contributed by atoms with van der Waals surface area (Å²) in [4.78, 5) is 10.6. The zero-order valence-electron chi connectivity index (χ0n) is 8.60. The quantitative estimate of drug-likeness (QED) is 0.655. The van der Waals surface area contributed by atoms with E-state index in [1.807, 2.05) is 6.92 Å². The fourth-order valence-corrected chi connectivity index (χ4v) is 1.17. The van der Waals surface area contributed by atoms with Gasteiger partial charge in [0.05, 0.1) is 0 Å². The van der Waals surface area contributed by atoms with Crippen molar-refractivity contribution in [1.29, 1.82) is 0 Å². The highest BCUT2D eigenvalue weighted by molar-refractivity contribution is 5.73. The summed E-state index contributed by atoms with van der Waals surface area (Å²) in [7, 11) is 0. The van der Waals surface area contributed by atoms with Gasteiger partial charge in [0, 0.05) is 6.42 Å². The number of carboxylic acid groups (broad SMARTS) is 1. The Morgan fingerprint density at radius 2 is 2.07 bits per heavy atom. The molecule has 0 radical (unpaired) electrons. The van der Waals surface area contributed by atoms with Crippen LogP contribution in [0.3, 0.4) is 0 Å². The summed E-state index contributed by atoms with van der Waals surface area (Å²) in [5.41, 5.74) is 0. The number of hydrogen-bond donors (Lipinski definition) is 2. The highest BCUT2D eigenvalue weighted by Crippen LogP contribution is 2.20. The van der Waals surface area contributed by atoms with Crippen molar-refractivity contribution in [3.63, 3.8) is 0 Å². The van der Waals surface area contributed by atoms with E-state index in [1.54, 1.807) is 0 Å². The normalized spacial score (nSPS) is 13.9. The summed E-state index contributed by atoms with van der Waals surface area (Å²) in [5.74, 6) is -1.01. The van der Waals surface area contributed by atoms with Crippen LogP contribution >= 0.6 is 0 Å². The van der Waals surface area contributed by atoms with Gasteiger partial charge in [-0.25, -0.2) is 0 Å². The number of alkyl halides is 3.